The van der Waals surface area contributed by atoms with Gasteiger partial charge in [0.25, 0.3) is 0 Å². The number of aliphatic hydroxyl groups excluding tert-OH is 1. The number of aryl methyl sites for hydroxylation is 1. The van der Waals surface area contributed by atoms with Gasteiger partial charge in [0.2, 0.25) is 11.8 Å². The number of nitrogens with zero attached hydrogens (tertiary/aromatic N) is 1. The van der Waals surface area contributed by atoms with Crippen LogP contribution in [0.4, 0.5) is 0 Å². The van der Waals surface area contributed by atoms with Gasteiger partial charge >= 0.3 is 0 Å². The van der Waals surface area contributed by atoms with Crippen LogP contribution < -0.4 is 10.6 Å². The Labute approximate surface area is 153 Å². The number of benzene rings is 1. The van der Waals surface area contributed by atoms with E-state index in [1.807, 2.05) is 30.3 Å². The van der Waals surface area contributed by atoms with Crippen molar-refractivity contribution in [1.29, 1.82) is 0 Å². The highest BCUT2D eigenvalue weighted by molar-refractivity contribution is 5.81. The van der Waals surface area contributed by atoms with Gasteiger partial charge in [0.15, 0.2) is 0 Å². The van der Waals surface area contributed by atoms with Crippen LogP contribution in [-0.2, 0) is 20.7 Å². The smallest absolute Gasteiger partial charge is 0.228 e. The summed E-state index contributed by atoms with van der Waals surface area (Å²) in [4.78, 5) is 26.5. The van der Waals surface area contributed by atoms with Gasteiger partial charge < -0.3 is 20.1 Å². The maximum Gasteiger partial charge on any atom is 0.228 e. The van der Waals surface area contributed by atoms with Crippen molar-refractivity contribution in [3.05, 3.63) is 35.9 Å². The van der Waals surface area contributed by atoms with Crippen LogP contribution in [-0.4, -0.2) is 66.9 Å². The number of fused-ring (bicyclic) bond motifs is 1. The SMILES string of the molecule is O=C1NC(CN(CCO)C(=O)CCc2ccccc2)NC2CCOCC12. The summed E-state index contributed by atoms with van der Waals surface area (Å²) in [7, 11) is 0. The fourth-order valence-electron chi connectivity index (χ4n) is 3.59. The Morgan fingerprint density at radius 1 is 1.31 bits per heavy atom. The van der Waals surface area contributed by atoms with E-state index in [1.54, 1.807) is 4.90 Å². The topological polar surface area (TPSA) is 90.9 Å². The molecule has 0 aliphatic carbocycles. The number of carbonyl (C=O) groups is 2. The molecule has 2 fully saturated rings. The summed E-state index contributed by atoms with van der Waals surface area (Å²) in [5.74, 6) is -0.216. The summed E-state index contributed by atoms with van der Waals surface area (Å²) in [5, 5.41) is 15.7. The normalized spacial score (nSPS) is 25.3. The van der Waals surface area contributed by atoms with E-state index in [1.165, 1.54) is 0 Å². The Bertz CT molecular complexity index is 610. The van der Waals surface area contributed by atoms with Gasteiger partial charge in [0.05, 0.1) is 31.8 Å². The lowest BCUT2D eigenvalue weighted by Crippen LogP contribution is -2.66. The Balaban J connectivity index is 1.55. The van der Waals surface area contributed by atoms with Gasteiger partial charge in [-0.05, 0) is 18.4 Å². The van der Waals surface area contributed by atoms with E-state index >= 15 is 0 Å². The zero-order chi connectivity index (χ0) is 18.4. The van der Waals surface area contributed by atoms with Crippen molar-refractivity contribution in [2.24, 2.45) is 5.92 Å². The lowest BCUT2D eigenvalue weighted by molar-refractivity contribution is -0.138. The van der Waals surface area contributed by atoms with E-state index < -0.39 is 0 Å². The molecule has 7 nitrogen and oxygen atoms in total. The molecule has 2 aliphatic rings. The molecule has 1 aromatic rings. The van der Waals surface area contributed by atoms with Gasteiger partial charge in [0.1, 0.15) is 0 Å². The number of hydrogen-bond donors (Lipinski definition) is 3. The monoisotopic (exact) mass is 361 g/mol. The third-order valence-electron chi connectivity index (χ3n) is 5.02. The molecule has 3 rings (SSSR count). The Kier molecular flexibility index (Phi) is 6.60. The van der Waals surface area contributed by atoms with E-state index in [4.69, 9.17) is 4.74 Å². The highest BCUT2D eigenvalue weighted by atomic mass is 16.5. The van der Waals surface area contributed by atoms with Crippen molar-refractivity contribution in [1.82, 2.24) is 15.5 Å². The van der Waals surface area contributed by atoms with Crippen LogP contribution in [0.5, 0.6) is 0 Å². The summed E-state index contributed by atoms with van der Waals surface area (Å²) in [6.45, 7) is 1.59. The molecular weight excluding hydrogens is 334 g/mol. The summed E-state index contributed by atoms with van der Waals surface area (Å²) in [5.41, 5.74) is 1.11. The average molecular weight is 361 g/mol. The summed E-state index contributed by atoms with van der Waals surface area (Å²) < 4.78 is 5.38. The third kappa shape index (κ3) is 4.81. The highest BCUT2D eigenvalue weighted by Crippen LogP contribution is 2.19. The maximum absolute atomic E-state index is 12.6. The third-order valence-corrected chi connectivity index (χ3v) is 5.02. The molecule has 0 saturated carbocycles. The molecule has 2 saturated heterocycles. The standard InChI is InChI=1S/C19H27N3O4/c23-10-9-22(18(24)7-6-14-4-2-1-3-5-14)12-17-20-16-8-11-26-13-15(16)19(25)21-17/h1-5,15-17,20,23H,6-13H2,(H,21,25). The van der Waals surface area contributed by atoms with Crippen molar-refractivity contribution >= 4 is 11.8 Å². The molecule has 1 aromatic carbocycles. The van der Waals surface area contributed by atoms with E-state index in [2.05, 4.69) is 10.6 Å². The van der Waals surface area contributed by atoms with Gasteiger partial charge in [-0.2, -0.15) is 0 Å². The number of amides is 2. The second-order valence-corrected chi connectivity index (χ2v) is 6.85. The quantitative estimate of drug-likeness (QED) is 0.630. The van der Waals surface area contributed by atoms with Gasteiger partial charge in [-0.1, -0.05) is 30.3 Å². The molecule has 0 bridgehead atoms. The van der Waals surface area contributed by atoms with E-state index in [0.717, 1.165) is 12.0 Å². The summed E-state index contributed by atoms with van der Waals surface area (Å²) in [6.07, 6.45) is 1.53. The minimum absolute atomic E-state index is 0.0203. The molecule has 2 amide bonds. The van der Waals surface area contributed by atoms with Crippen LogP contribution in [0.15, 0.2) is 30.3 Å². The lowest BCUT2D eigenvalue weighted by Gasteiger charge is -2.41. The summed E-state index contributed by atoms with van der Waals surface area (Å²) in [6, 6.07) is 9.94. The molecule has 2 heterocycles. The van der Waals surface area contributed by atoms with Crippen LogP contribution in [0.3, 0.4) is 0 Å². The van der Waals surface area contributed by atoms with Crippen LogP contribution in [0, 0.1) is 5.92 Å². The maximum atomic E-state index is 12.6. The first-order valence-corrected chi connectivity index (χ1v) is 9.24. The van der Waals surface area contributed by atoms with Gasteiger partial charge in [-0.15, -0.1) is 0 Å². The Morgan fingerprint density at radius 2 is 2.12 bits per heavy atom. The largest absolute Gasteiger partial charge is 0.395 e. The fraction of sp³-hybridized carbons (Fsp3) is 0.579. The predicted molar refractivity (Wildman–Crippen MR) is 96.2 cm³/mol. The molecule has 3 atom stereocenters. The number of ether oxygens (including phenoxy) is 1. The van der Waals surface area contributed by atoms with Crippen molar-refractivity contribution in [3.8, 4) is 0 Å². The zero-order valence-corrected chi connectivity index (χ0v) is 14.9. The number of rotatable bonds is 7. The van der Waals surface area contributed by atoms with Gasteiger partial charge in [-0.3, -0.25) is 14.9 Å². The Morgan fingerprint density at radius 3 is 2.88 bits per heavy atom. The first-order chi connectivity index (χ1) is 12.7. The molecule has 26 heavy (non-hydrogen) atoms. The van der Waals surface area contributed by atoms with Crippen molar-refractivity contribution in [2.45, 2.75) is 31.5 Å². The van der Waals surface area contributed by atoms with E-state index in [9.17, 15) is 14.7 Å². The van der Waals surface area contributed by atoms with Gasteiger partial charge in [0, 0.05) is 25.6 Å². The first kappa shape index (κ1) is 18.8. The molecule has 2 aliphatic heterocycles. The minimum Gasteiger partial charge on any atom is -0.395 e. The summed E-state index contributed by atoms with van der Waals surface area (Å²) >= 11 is 0. The molecule has 142 valence electrons. The highest BCUT2D eigenvalue weighted by Gasteiger charge is 2.38. The molecular formula is C19H27N3O4. The number of nitrogens with one attached hydrogen (secondary N) is 2. The molecule has 0 aromatic heterocycles. The van der Waals surface area contributed by atoms with Crippen LogP contribution in [0.1, 0.15) is 18.4 Å². The number of aliphatic hydroxyl groups is 1. The molecule has 0 radical (unpaired) electrons. The van der Waals surface area contributed by atoms with E-state index in [0.29, 0.717) is 32.6 Å². The van der Waals surface area contributed by atoms with Crippen molar-refractivity contribution in [3.63, 3.8) is 0 Å². The average Bonchev–Trinajstić information content (AvgIpc) is 2.67. The lowest BCUT2D eigenvalue weighted by atomic mass is 9.92. The van der Waals surface area contributed by atoms with Crippen LogP contribution in [0.25, 0.3) is 0 Å². The molecule has 3 N–H and O–H groups in total. The zero-order valence-electron chi connectivity index (χ0n) is 14.9. The van der Waals surface area contributed by atoms with E-state index in [-0.39, 0.29) is 43.1 Å². The minimum atomic E-state index is -0.297. The predicted octanol–water partition coefficient (Wildman–Crippen LogP) is -0.109. The number of carbonyl (C=O) groups excluding carboxylic acids is 2. The van der Waals surface area contributed by atoms with Crippen LogP contribution >= 0.6 is 0 Å². The van der Waals surface area contributed by atoms with Crippen molar-refractivity contribution in [2.75, 3.05) is 32.9 Å². The second-order valence-electron chi connectivity index (χ2n) is 6.85. The van der Waals surface area contributed by atoms with Gasteiger partial charge in [-0.25, -0.2) is 0 Å². The Hall–Kier alpha value is -1.96. The van der Waals surface area contributed by atoms with Crippen LogP contribution in [0.2, 0.25) is 0 Å². The molecule has 7 heteroatoms. The van der Waals surface area contributed by atoms with Crippen molar-refractivity contribution < 1.29 is 19.4 Å². The molecule has 3 unspecified atom stereocenters. The molecule has 0 spiro atoms. The number of hydrogen-bond acceptors (Lipinski definition) is 5. The first-order valence-electron chi connectivity index (χ1n) is 9.24. The fourth-order valence-corrected chi connectivity index (χ4v) is 3.59. The second kappa shape index (κ2) is 9.12.